The van der Waals surface area contributed by atoms with Crippen molar-refractivity contribution in [3.05, 3.63) is 141 Å². The van der Waals surface area contributed by atoms with E-state index in [9.17, 15) is 0 Å². The summed E-state index contributed by atoms with van der Waals surface area (Å²) < 4.78 is 6.81. The third kappa shape index (κ3) is 6.30. The van der Waals surface area contributed by atoms with Gasteiger partial charge in [0.05, 0.1) is 0 Å². The van der Waals surface area contributed by atoms with Crippen molar-refractivity contribution in [2.24, 2.45) is 0 Å². The fourth-order valence-electron chi connectivity index (χ4n) is 4.76. The van der Waals surface area contributed by atoms with Crippen LogP contribution in [0.4, 0.5) is 0 Å². The van der Waals surface area contributed by atoms with Crippen LogP contribution in [0, 0.1) is 41.5 Å². The van der Waals surface area contributed by atoms with E-state index in [1.54, 1.807) is 0 Å². The molecule has 37 heavy (non-hydrogen) atoms. The third-order valence-electron chi connectivity index (χ3n) is 7.59. The maximum Gasteiger partial charge on any atom is 0.131 e. The molecule has 0 amide bonds. The van der Waals surface area contributed by atoms with Crippen molar-refractivity contribution in [3.8, 4) is 11.5 Å². The molecule has 0 aliphatic carbocycles. The van der Waals surface area contributed by atoms with Gasteiger partial charge in [-0.1, -0.05) is 85.0 Å². The number of allylic oxidation sites excluding steroid dienone is 2. The molecule has 0 unspecified atom stereocenters. The summed E-state index contributed by atoms with van der Waals surface area (Å²) in [4.78, 5) is 0. The molecule has 0 fully saturated rings. The minimum atomic E-state index is 0.824. The standard InChI is InChI=1S/C36H38O/c1-25-23-35(33(29(5)27(25)3)21-13-19-31-15-9-7-10-16-31)37-36-24-26(2)28(4)30(6)34(36)22-14-20-32-17-11-8-12-18-32/h7-20,23-24H,21-22H2,1-6H3. The van der Waals surface area contributed by atoms with E-state index >= 15 is 0 Å². The Morgan fingerprint density at radius 1 is 0.514 bits per heavy atom. The summed E-state index contributed by atoms with van der Waals surface area (Å²) in [6.07, 6.45) is 10.5. The first kappa shape index (κ1) is 26.2. The van der Waals surface area contributed by atoms with Gasteiger partial charge in [-0.2, -0.15) is 0 Å². The minimum absolute atomic E-state index is 0.824. The zero-order valence-electron chi connectivity index (χ0n) is 23.1. The molecule has 0 aliphatic rings. The summed E-state index contributed by atoms with van der Waals surface area (Å²) in [6, 6.07) is 25.4. The van der Waals surface area contributed by atoms with Crippen LogP contribution in [0.2, 0.25) is 0 Å². The summed E-state index contributed by atoms with van der Waals surface area (Å²) in [6.45, 7) is 13.2. The van der Waals surface area contributed by atoms with Gasteiger partial charge < -0.3 is 4.74 Å². The van der Waals surface area contributed by atoms with E-state index in [0.717, 1.165) is 24.3 Å². The Balaban J connectivity index is 1.69. The lowest BCUT2D eigenvalue weighted by molar-refractivity contribution is 0.470. The van der Waals surface area contributed by atoms with E-state index in [2.05, 4.69) is 139 Å². The van der Waals surface area contributed by atoms with Crippen molar-refractivity contribution in [3.63, 3.8) is 0 Å². The van der Waals surface area contributed by atoms with Gasteiger partial charge in [0.25, 0.3) is 0 Å². The van der Waals surface area contributed by atoms with Crippen molar-refractivity contribution in [1.82, 2.24) is 0 Å². The van der Waals surface area contributed by atoms with Gasteiger partial charge in [-0.25, -0.2) is 0 Å². The Labute approximate surface area is 223 Å². The topological polar surface area (TPSA) is 9.23 Å². The van der Waals surface area contributed by atoms with Crippen LogP contribution >= 0.6 is 0 Å². The molecule has 0 atom stereocenters. The maximum absolute atomic E-state index is 6.81. The Hall–Kier alpha value is -3.84. The number of ether oxygens (including phenoxy) is 1. The molecule has 0 spiro atoms. The highest BCUT2D eigenvalue weighted by atomic mass is 16.5. The van der Waals surface area contributed by atoms with Crippen molar-refractivity contribution >= 4 is 12.2 Å². The first-order chi connectivity index (χ1) is 17.8. The van der Waals surface area contributed by atoms with E-state index in [0.29, 0.717) is 0 Å². The summed E-state index contributed by atoms with van der Waals surface area (Å²) in [5.74, 6) is 1.91. The average molecular weight is 487 g/mol. The molecule has 188 valence electrons. The SMILES string of the molecule is Cc1cc(Oc2cc(C)c(C)c(C)c2CC=Cc2ccccc2)c(CC=Cc2ccccc2)c(C)c1C. The Morgan fingerprint density at radius 2 is 0.892 bits per heavy atom. The molecular weight excluding hydrogens is 448 g/mol. The molecule has 0 heterocycles. The van der Waals surface area contributed by atoms with Gasteiger partial charge in [-0.3, -0.25) is 0 Å². The fraction of sp³-hybridized carbons (Fsp3) is 0.222. The number of rotatable bonds is 8. The first-order valence-corrected chi connectivity index (χ1v) is 13.2. The Kier molecular flexibility index (Phi) is 8.46. The highest BCUT2D eigenvalue weighted by Gasteiger charge is 2.16. The molecule has 4 rings (SSSR count). The van der Waals surface area contributed by atoms with Crippen LogP contribution in [-0.4, -0.2) is 0 Å². The third-order valence-corrected chi connectivity index (χ3v) is 7.59. The molecule has 0 saturated carbocycles. The molecule has 1 heteroatoms. The van der Waals surface area contributed by atoms with Crippen LogP contribution in [0.5, 0.6) is 11.5 Å². The number of hydrogen-bond donors (Lipinski definition) is 0. The zero-order chi connectivity index (χ0) is 26.4. The van der Waals surface area contributed by atoms with Crippen LogP contribution in [0.1, 0.15) is 55.6 Å². The zero-order valence-corrected chi connectivity index (χ0v) is 23.1. The number of aryl methyl sites for hydroxylation is 2. The molecule has 0 N–H and O–H groups in total. The molecule has 4 aromatic rings. The lowest BCUT2D eigenvalue weighted by Crippen LogP contribution is -2.03. The van der Waals surface area contributed by atoms with Gasteiger partial charge in [0.2, 0.25) is 0 Å². The minimum Gasteiger partial charge on any atom is -0.457 e. The summed E-state index contributed by atoms with van der Waals surface area (Å²) in [7, 11) is 0. The molecule has 4 aromatic carbocycles. The van der Waals surface area contributed by atoms with E-state index in [1.165, 1.54) is 55.6 Å². The normalized spacial score (nSPS) is 11.5. The second kappa shape index (κ2) is 11.9. The van der Waals surface area contributed by atoms with Crippen molar-refractivity contribution < 1.29 is 4.74 Å². The molecule has 1 nitrogen and oxygen atoms in total. The van der Waals surface area contributed by atoms with Crippen molar-refractivity contribution in [1.29, 1.82) is 0 Å². The van der Waals surface area contributed by atoms with E-state index < -0.39 is 0 Å². The Bertz CT molecular complexity index is 1310. The predicted molar refractivity (Wildman–Crippen MR) is 160 cm³/mol. The van der Waals surface area contributed by atoms with Gasteiger partial charge in [-0.05, 0) is 111 Å². The van der Waals surface area contributed by atoms with Gasteiger partial charge in [0.15, 0.2) is 0 Å². The smallest absolute Gasteiger partial charge is 0.131 e. The molecule has 0 aliphatic heterocycles. The first-order valence-electron chi connectivity index (χ1n) is 13.2. The van der Waals surface area contributed by atoms with Crippen molar-refractivity contribution in [2.45, 2.75) is 54.4 Å². The summed E-state index contributed by atoms with van der Waals surface area (Å²) in [5.41, 5.74) is 12.7. The highest BCUT2D eigenvalue weighted by molar-refractivity contribution is 5.57. The largest absolute Gasteiger partial charge is 0.457 e. The van der Waals surface area contributed by atoms with Gasteiger partial charge in [-0.15, -0.1) is 0 Å². The predicted octanol–water partition coefficient (Wildman–Crippen LogP) is 9.84. The second-order valence-corrected chi connectivity index (χ2v) is 9.98. The highest BCUT2D eigenvalue weighted by Crippen LogP contribution is 2.37. The van der Waals surface area contributed by atoms with Gasteiger partial charge >= 0.3 is 0 Å². The van der Waals surface area contributed by atoms with Crippen LogP contribution in [0.15, 0.2) is 84.9 Å². The molecule has 0 saturated heterocycles. The number of hydrogen-bond acceptors (Lipinski definition) is 1. The lowest BCUT2D eigenvalue weighted by Gasteiger charge is -2.21. The monoisotopic (exact) mass is 486 g/mol. The lowest BCUT2D eigenvalue weighted by atomic mass is 9.94. The summed E-state index contributed by atoms with van der Waals surface area (Å²) >= 11 is 0. The quantitative estimate of drug-likeness (QED) is 0.241. The molecule has 0 radical (unpaired) electrons. The average Bonchev–Trinajstić information content (AvgIpc) is 2.91. The maximum atomic E-state index is 6.81. The fourth-order valence-corrected chi connectivity index (χ4v) is 4.76. The molecular formula is C36H38O. The van der Waals surface area contributed by atoms with E-state index in [4.69, 9.17) is 4.74 Å². The Morgan fingerprint density at radius 3 is 1.27 bits per heavy atom. The second-order valence-electron chi connectivity index (χ2n) is 9.98. The van der Waals surface area contributed by atoms with Crippen LogP contribution in [0.3, 0.4) is 0 Å². The van der Waals surface area contributed by atoms with Crippen molar-refractivity contribution in [2.75, 3.05) is 0 Å². The van der Waals surface area contributed by atoms with Crippen LogP contribution in [0.25, 0.3) is 12.2 Å². The number of benzene rings is 4. The van der Waals surface area contributed by atoms with Crippen LogP contribution < -0.4 is 4.74 Å². The summed E-state index contributed by atoms with van der Waals surface area (Å²) in [5, 5.41) is 0. The van der Waals surface area contributed by atoms with Crippen LogP contribution in [-0.2, 0) is 12.8 Å². The molecule has 0 aromatic heterocycles. The van der Waals surface area contributed by atoms with E-state index in [-0.39, 0.29) is 0 Å². The van der Waals surface area contributed by atoms with E-state index in [1.807, 2.05) is 0 Å². The van der Waals surface area contributed by atoms with Gasteiger partial charge in [0, 0.05) is 11.1 Å². The van der Waals surface area contributed by atoms with Gasteiger partial charge in [0.1, 0.15) is 11.5 Å². The molecule has 0 bridgehead atoms.